The molecule has 1 aliphatic carbocycles. The molecule has 1 aliphatic heterocycles. The van der Waals surface area contributed by atoms with E-state index in [1.807, 2.05) is 53.4 Å². The van der Waals surface area contributed by atoms with E-state index in [2.05, 4.69) is 5.32 Å². The van der Waals surface area contributed by atoms with Crippen molar-refractivity contribution in [3.8, 4) is 0 Å². The summed E-state index contributed by atoms with van der Waals surface area (Å²) >= 11 is 0. The molecule has 34 heavy (non-hydrogen) atoms. The third-order valence-corrected chi connectivity index (χ3v) is 6.90. The van der Waals surface area contributed by atoms with E-state index in [0.29, 0.717) is 30.3 Å². The minimum absolute atomic E-state index is 0.0198. The van der Waals surface area contributed by atoms with Crippen LogP contribution in [0.2, 0.25) is 0 Å². The van der Waals surface area contributed by atoms with Gasteiger partial charge in [-0.15, -0.1) is 0 Å². The van der Waals surface area contributed by atoms with Crippen LogP contribution in [0.4, 0.5) is 10.1 Å². The number of hydrogen-bond donors (Lipinski definition) is 2. The number of halogens is 1. The number of benzene rings is 3. The highest BCUT2D eigenvalue weighted by Crippen LogP contribution is 2.40. The summed E-state index contributed by atoms with van der Waals surface area (Å²) in [5, 5.41) is 3.35. The third-order valence-electron chi connectivity index (χ3n) is 6.90. The average Bonchev–Trinajstić information content (AvgIpc) is 3.63. The van der Waals surface area contributed by atoms with Crippen LogP contribution in [-0.4, -0.2) is 35.7 Å². The first-order valence-corrected chi connectivity index (χ1v) is 11.7. The van der Waals surface area contributed by atoms with Gasteiger partial charge in [-0.1, -0.05) is 42.5 Å². The maximum absolute atomic E-state index is 13.1. The molecule has 0 bridgehead atoms. The van der Waals surface area contributed by atoms with Crippen molar-refractivity contribution in [3.05, 3.63) is 100 Å². The van der Waals surface area contributed by atoms with Crippen molar-refractivity contribution in [1.29, 1.82) is 0 Å². The van der Waals surface area contributed by atoms with E-state index in [0.717, 1.165) is 29.5 Å². The van der Waals surface area contributed by atoms with Gasteiger partial charge in [0, 0.05) is 42.7 Å². The Balaban J connectivity index is 1.17. The Hall–Kier alpha value is -3.51. The number of nitrogens with zero attached hydrogens (tertiary/aromatic N) is 1. The Morgan fingerprint density at radius 3 is 2.62 bits per heavy atom. The Kier molecular flexibility index (Phi) is 6.16. The second-order valence-corrected chi connectivity index (χ2v) is 9.23. The summed E-state index contributed by atoms with van der Waals surface area (Å²) in [5.74, 6) is 0.182. The van der Waals surface area contributed by atoms with Gasteiger partial charge >= 0.3 is 0 Å². The highest BCUT2D eigenvalue weighted by molar-refractivity contribution is 5.98. The maximum Gasteiger partial charge on any atom is 0.236 e. The molecule has 1 amide bonds. The van der Waals surface area contributed by atoms with Crippen LogP contribution in [0.15, 0.2) is 66.7 Å². The number of nitrogens with two attached hydrogens (primary N) is 1. The van der Waals surface area contributed by atoms with Crippen LogP contribution in [0.1, 0.15) is 45.0 Å². The first kappa shape index (κ1) is 22.3. The minimum Gasteiger partial charge on any atom is -0.398 e. The SMILES string of the molecule is Nc1ccccc1CC(=O)c1ccc2c(c1)CN(C(=O)CNC1CC1c1ccc(F)cc1)CC2. The molecule has 0 radical (unpaired) electrons. The van der Waals surface area contributed by atoms with Crippen LogP contribution >= 0.6 is 0 Å². The summed E-state index contributed by atoms with van der Waals surface area (Å²) in [6, 6.07) is 20.1. The maximum atomic E-state index is 13.1. The van der Waals surface area contributed by atoms with Gasteiger partial charge in [-0.3, -0.25) is 9.59 Å². The van der Waals surface area contributed by atoms with Crippen LogP contribution in [0.25, 0.3) is 0 Å². The van der Waals surface area contributed by atoms with Crippen LogP contribution in [0, 0.1) is 5.82 Å². The van der Waals surface area contributed by atoms with Gasteiger partial charge in [-0.25, -0.2) is 4.39 Å². The Labute approximate surface area is 198 Å². The summed E-state index contributed by atoms with van der Waals surface area (Å²) < 4.78 is 13.1. The van der Waals surface area contributed by atoms with E-state index in [1.54, 1.807) is 6.07 Å². The smallest absolute Gasteiger partial charge is 0.236 e. The van der Waals surface area contributed by atoms with E-state index in [4.69, 9.17) is 5.73 Å². The predicted molar refractivity (Wildman–Crippen MR) is 130 cm³/mol. The van der Waals surface area contributed by atoms with E-state index >= 15 is 0 Å². The number of fused-ring (bicyclic) bond motifs is 1. The number of Topliss-reactive ketones (excluding diaryl/α,β-unsaturated/α-hetero) is 1. The first-order valence-electron chi connectivity index (χ1n) is 11.7. The molecule has 174 valence electrons. The van der Waals surface area contributed by atoms with E-state index < -0.39 is 0 Å². The number of nitrogen functional groups attached to an aromatic ring is 1. The molecule has 0 saturated heterocycles. The molecule has 3 aromatic rings. The molecule has 0 spiro atoms. The fourth-order valence-electron chi connectivity index (χ4n) is 4.74. The van der Waals surface area contributed by atoms with Crippen LogP contribution in [-0.2, 0) is 24.2 Å². The lowest BCUT2D eigenvalue weighted by Crippen LogP contribution is -2.41. The molecule has 2 unspecified atom stereocenters. The summed E-state index contributed by atoms with van der Waals surface area (Å²) in [6.07, 6.45) is 2.00. The number of anilines is 1. The monoisotopic (exact) mass is 457 g/mol. The number of carbonyl (C=O) groups is 2. The molecular formula is C28H28FN3O2. The molecule has 0 aromatic heterocycles. The zero-order valence-corrected chi connectivity index (χ0v) is 19.0. The minimum atomic E-state index is -0.233. The topological polar surface area (TPSA) is 75.4 Å². The van der Waals surface area contributed by atoms with Crippen molar-refractivity contribution >= 4 is 17.4 Å². The summed E-state index contributed by atoms with van der Waals surface area (Å²) in [7, 11) is 0. The zero-order valence-electron chi connectivity index (χ0n) is 19.0. The number of para-hydroxylation sites is 1. The van der Waals surface area contributed by atoms with Gasteiger partial charge in [0.2, 0.25) is 5.91 Å². The van der Waals surface area contributed by atoms with Crippen molar-refractivity contribution in [1.82, 2.24) is 10.2 Å². The predicted octanol–water partition coefficient (Wildman–Crippen LogP) is 3.86. The van der Waals surface area contributed by atoms with E-state index in [-0.39, 0.29) is 36.5 Å². The summed E-state index contributed by atoms with van der Waals surface area (Å²) in [4.78, 5) is 27.6. The van der Waals surface area contributed by atoms with Gasteiger partial charge in [0.05, 0.1) is 6.54 Å². The van der Waals surface area contributed by atoms with Gasteiger partial charge in [-0.2, -0.15) is 0 Å². The van der Waals surface area contributed by atoms with Crippen molar-refractivity contribution in [2.24, 2.45) is 0 Å². The van der Waals surface area contributed by atoms with Gasteiger partial charge in [0.15, 0.2) is 5.78 Å². The van der Waals surface area contributed by atoms with Crippen molar-refractivity contribution in [2.45, 2.75) is 37.8 Å². The molecule has 1 fully saturated rings. The van der Waals surface area contributed by atoms with Gasteiger partial charge in [0.25, 0.3) is 0 Å². The van der Waals surface area contributed by atoms with Crippen molar-refractivity contribution in [3.63, 3.8) is 0 Å². The van der Waals surface area contributed by atoms with Crippen molar-refractivity contribution < 1.29 is 14.0 Å². The van der Waals surface area contributed by atoms with Crippen LogP contribution in [0.5, 0.6) is 0 Å². The van der Waals surface area contributed by atoms with Gasteiger partial charge < -0.3 is 16.0 Å². The van der Waals surface area contributed by atoms with Crippen LogP contribution in [0.3, 0.4) is 0 Å². The van der Waals surface area contributed by atoms with Gasteiger partial charge in [0.1, 0.15) is 5.82 Å². The zero-order chi connectivity index (χ0) is 23.7. The lowest BCUT2D eigenvalue weighted by atomic mass is 9.94. The standard InChI is InChI=1S/C28H28FN3O2/c29-23-9-7-19(8-10-23)24-15-26(24)31-16-28(34)32-12-11-18-5-6-21(13-22(18)17-32)27(33)14-20-3-1-2-4-25(20)30/h1-10,13,24,26,31H,11-12,14-17,30H2. The quantitative estimate of drug-likeness (QED) is 0.417. The number of hydrogen-bond acceptors (Lipinski definition) is 4. The normalized spacial score (nSPS) is 18.9. The molecule has 5 nitrogen and oxygen atoms in total. The molecule has 5 rings (SSSR count). The highest BCUT2D eigenvalue weighted by atomic mass is 19.1. The molecule has 2 aliphatic rings. The molecular weight excluding hydrogens is 429 g/mol. The van der Waals surface area contributed by atoms with E-state index in [9.17, 15) is 14.0 Å². The Bertz CT molecular complexity index is 1220. The van der Waals surface area contributed by atoms with Gasteiger partial charge in [-0.05, 0) is 59.4 Å². The largest absolute Gasteiger partial charge is 0.398 e. The number of nitrogens with one attached hydrogen (secondary N) is 1. The third kappa shape index (κ3) is 4.87. The molecule has 1 heterocycles. The van der Waals surface area contributed by atoms with Crippen molar-refractivity contribution in [2.75, 3.05) is 18.8 Å². The highest BCUT2D eigenvalue weighted by Gasteiger charge is 2.38. The fraction of sp³-hybridized carbons (Fsp3) is 0.286. The van der Waals surface area contributed by atoms with Crippen LogP contribution < -0.4 is 11.1 Å². The second kappa shape index (κ2) is 9.39. The second-order valence-electron chi connectivity index (χ2n) is 9.23. The molecule has 3 N–H and O–H groups in total. The summed E-state index contributed by atoms with van der Waals surface area (Å²) in [5.41, 5.74) is 11.4. The number of amides is 1. The van der Waals surface area contributed by atoms with E-state index in [1.165, 1.54) is 17.7 Å². The lowest BCUT2D eigenvalue weighted by Gasteiger charge is -2.29. The first-order chi connectivity index (χ1) is 16.5. The number of ketones is 1. The lowest BCUT2D eigenvalue weighted by molar-refractivity contribution is -0.131. The Morgan fingerprint density at radius 1 is 1.03 bits per heavy atom. The summed E-state index contributed by atoms with van der Waals surface area (Å²) in [6.45, 7) is 1.47. The molecule has 3 aromatic carbocycles. The molecule has 1 saturated carbocycles. The average molecular weight is 458 g/mol. The fourth-order valence-corrected chi connectivity index (χ4v) is 4.74. The molecule has 6 heteroatoms. The number of carbonyl (C=O) groups excluding carboxylic acids is 2. The molecule has 2 atom stereocenters. The Morgan fingerprint density at radius 2 is 1.82 bits per heavy atom. The number of rotatable bonds is 7.